The van der Waals surface area contributed by atoms with Crippen LogP contribution in [0.2, 0.25) is 0 Å². The molecule has 1 atom stereocenters. The van der Waals surface area contributed by atoms with Crippen LogP contribution in [0.5, 0.6) is 0 Å². The first kappa shape index (κ1) is 14.3. The highest BCUT2D eigenvalue weighted by Crippen LogP contribution is 2.35. The third-order valence-corrected chi connectivity index (χ3v) is 5.65. The largest absolute Gasteiger partial charge is 0.477 e. The van der Waals surface area contributed by atoms with Crippen LogP contribution in [-0.4, -0.2) is 15.6 Å². The van der Waals surface area contributed by atoms with E-state index in [0.717, 1.165) is 42.2 Å². The average Bonchev–Trinajstić information content (AvgIpc) is 2.84. The molecular weight excluding hydrogens is 286 g/mol. The fraction of sp³-hybridized carbons (Fsp3) is 0.500. The monoisotopic (exact) mass is 305 g/mol. The summed E-state index contributed by atoms with van der Waals surface area (Å²) in [5.41, 5.74) is 1.15. The van der Waals surface area contributed by atoms with Crippen molar-refractivity contribution >= 4 is 27.4 Å². The van der Waals surface area contributed by atoms with Gasteiger partial charge in [-0.3, -0.25) is 9.36 Å². The van der Waals surface area contributed by atoms with Gasteiger partial charge in [0.1, 0.15) is 5.69 Å². The van der Waals surface area contributed by atoms with Crippen molar-refractivity contribution in [1.29, 1.82) is 0 Å². The summed E-state index contributed by atoms with van der Waals surface area (Å²) in [5, 5.41) is 10.2. The molecule has 5 heteroatoms. The fourth-order valence-corrected chi connectivity index (χ4v) is 4.45. The number of nitrogens with zero attached hydrogens (tertiary/aromatic N) is 1. The van der Waals surface area contributed by atoms with Gasteiger partial charge in [0.25, 0.3) is 5.56 Å². The number of hydrogen-bond donors (Lipinski definition) is 1. The van der Waals surface area contributed by atoms with Crippen molar-refractivity contribution in [3.05, 3.63) is 32.6 Å². The maximum absolute atomic E-state index is 12.9. The number of aromatic carboxylic acids is 1. The van der Waals surface area contributed by atoms with Gasteiger partial charge in [-0.25, -0.2) is 4.79 Å². The van der Waals surface area contributed by atoms with Gasteiger partial charge in [-0.2, -0.15) is 0 Å². The molecule has 21 heavy (non-hydrogen) atoms. The molecule has 0 radical (unpaired) electrons. The highest BCUT2D eigenvalue weighted by atomic mass is 32.1. The van der Waals surface area contributed by atoms with E-state index in [-0.39, 0.29) is 17.3 Å². The standard InChI is InChI=1S/C16H19NO3S/c1-3-9(2)17-11(16(19)20)8-13-14(15(17)18)10-6-4-5-7-12(10)21-13/h8-9H,3-7H2,1-2H3,(H,19,20). The first-order valence-electron chi connectivity index (χ1n) is 7.47. The maximum atomic E-state index is 12.9. The van der Waals surface area contributed by atoms with E-state index in [0.29, 0.717) is 0 Å². The minimum atomic E-state index is -1.03. The van der Waals surface area contributed by atoms with Crippen LogP contribution in [0.25, 0.3) is 10.1 Å². The highest BCUT2D eigenvalue weighted by Gasteiger charge is 2.24. The number of thiophene rings is 1. The second kappa shape index (κ2) is 5.30. The third kappa shape index (κ3) is 2.20. The van der Waals surface area contributed by atoms with Crippen molar-refractivity contribution in [2.75, 3.05) is 0 Å². The van der Waals surface area contributed by atoms with Crippen molar-refractivity contribution in [1.82, 2.24) is 4.57 Å². The molecule has 0 fully saturated rings. The molecule has 0 saturated carbocycles. The minimum Gasteiger partial charge on any atom is -0.477 e. The van der Waals surface area contributed by atoms with E-state index in [9.17, 15) is 14.7 Å². The second-order valence-electron chi connectivity index (χ2n) is 5.72. The number of carboxylic acids is 1. The van der Waals surface area contributed by atoms with Crippen LogP contribution in [0.3, 0.4) is 0 Å². The van der Waals surface area contributed by atoms with Gasteiger partial charge in [0.2, 0.25) is 0 Å². The lowest BCUT2D eigenvalue weighted by atomic mass is 9.96. The molecule has 1 N–H and O–H groups in total. The van der Waals surface area contributed by atoms with Crippen molar-refractivity contribution in [3.63, 3.8) is 0 Å². The Balaban J connectivity index is 2.38. The zero-order valence-corrected chi connectivity index (χ0v) is 13.1. The van der Waals surface area contributed by atoms with Crippen molar-refractivity contribution in [2.24, 2.45) is 0 Å². The molecule has 0 aromatic carbocycles. The third-order valence-electron chi connectivity index (χ3n) is 4.41. The van der Waals surface area contributed by atoms with Crippen LogP contribution in [0.15, 0.2) is 10.9 Å². The summed E-state index contributed by atoms with van der Waals surface area (Å²) in [4.78, 5) is 25.7. The normalized spacial score (nSPS) is 15.9. The molecule has 1 aliphatic rings. The first-order valence-corrected chi connectivity index (χ1v) is 8.29. The van der Waals surface area contributed by atoms with Gasteiger partial charge in [0.05, 0.1) is 5.39 Å². The molecule has 0 spiro atoms. The number of carboxylic acid groups (broad SMARTS) is 1. The van der Waals surface area contributed by atoms with Gasteiger partial charge >= 0.3 is 5.97 Å². The number of aryl methyl sites for hydroxylation is 2. The van der Waals surface area contributed by atoms with E-state index in [1.165, 1.54) is 15.0 Å². The summed E-state index contributed by atoms with van der Waals surface area (Å²) in [5.74, 6) is -1.03. The number of hydrogen-bond acceptors (Lipinski definition) is 3. The van der Waals surface area contributed by atoms with Gasteiger partial charge in [0, 0.05) is 15.6 Å². The molecule has 1 aliphatic carbocycles. The Morgan fingerprint density at radius 2 is 2.14 bits per heavy atom. The molecule has 0 bridgehead atoms. The molecular formula is C16H19NO3S. The lowest BCUT2D eigenvalue weighted by molar-refractivity contribution is 0.0681. The zero-order chi connectivity index (χ0) is 15.1. The number of rotatable bonds is 3. The number of pyridine rings is 1. The topological polar surface area (TPSA) is 59.3 Å². The Kier molecular flexibility index (Phi) is 3.61. The van der Waals surface area contributed by atoms with E-state index in [2.05, 4.69) is 0 Å². The zero-order valence-electron chi connectivity index (χ0n) is 12.3. The first-order chi connectivity index (χ1) is 10.0. The van der Waals surface area contributed by atoms with Crippen molar-refractivity contribution < 1.29 is 9.90 Å². The Morgan fingerprint density at radius 3 is 2.81 bits per heavy atom. The number of carbonyl (C=O) groups is 1. The molecule has 2 heterocycles. The lowest BCUT2D eigenvalue weighted by Crippen LogP contribution is -2.28. The molecule has 112 valence electrons. The fourth-order valence-electron chi connectivity index (χ4n) is 3.13. The lowest BCUT2D eigenvalue weighted by Gasteiger charge is -2.17. The summed E-state index contributed by atoms with van der Waals surface area (Å²) in [7, 11) is 0. The summed E-state index contributed by atoms with van der Waals surface area (Å²) in [6.45, 7) is 3.87. The molecule has 0 saturated heterocycles. The molecule has 2 aromatic rings. The predicted molar refractivity (Wildman–Crippen MR) is 84.7 cm³/mol. The number of fused-ring (bicyclic) bond motifs is 3. The van der Waals surface area contributed by atoms with Crippen LogP contribution < -0.4 is 5.56 Å². The van der Waals surface area contributed by atoms with E-state index < -0.39 is 5.97 Å². The van der Waals surface area contributed by atoms with E-state index >= 15 is 0 Å². The van der Waals surface area contributed by atoms with Crippen LogP contribution in [0.1, 0.15) is 60.1 Å². The van der Waals surface area contributed by atoms with Crippen molar-refractivity contribution in [2.45, 2.75) is 52.0 Å². The van der Waals surface area contributed by atoms with Crippen molar-refractivity contribution in [3.8, 4) is 0 Å². The van der Waals surface area contributed by atoms with E-state index in [1.807, 2.05) is 13.8 Å². The smallest absolute Gasteiger partial charge is 0.352 e. The Labute approximate surface area is 127 Å². The Bertz CT molecular complexity index is 772. The molecule has 0 amide bonds. The molecule has 2 aromatic heterocycles. The molecule has 4 nitrogen and oxygen atoms in total. The predicted octanol–water partition coefficient (Wildman–Crippen LogP) is 3.61. The van der Waals surface area contributed by atoms with Gasteiger partial charge < -0.3 is 5.11 Å². The summed E-state index contributed by atoms with van der Waals surface area (Å²) < 4.78 is 2.30. The average molecular weight is 305 g/mol. The summed E-state index contributed by atoms with van der Waals surface area (Å²) >= 11 is 1.60. The van der Waals surface area contributed by atoms with Crippen LogP contribution in [0, 0.1) is 0 Å². The number of aromatic nitrogens is 1. The van der Waals surface area contributed by atoms with Gasteiger partial charge in [0.15, 0.2) is 0 Å². The maximum Gasteiger partial charge on any atom is 0.352 e. The molecule has 0 aliphatic heterocycles. The SMILES string of the molecule is CCC(C)n1c(C(=O)O)cc2sc3c(c2c1=O)CCCC3. The summed E-state index contributed by atoms with van der Waals surface area (Å²) in [6.07, 6.45) is 4.96. The van der Waals surface area contributed by atoms with Gasteiger partial charge in [-0.15, -0.1) is 11.3 Å². The Hall–Kier alpha value is -1.62. The van der Waals surface area contributed by atoms with E-state index in [4.69, 9.17) is 0 Å². The highest BCUT2D eigenvalue weighted by molar-refractivity contribution is 7.19. The van der Waals surface area contributed by atoms with Crippen LogP contribution >= 0.6 is 11.3 Å². The summed E-state index contributed by atoms with van der Waals surface area (Å²) in [6, 6.07) is 1.58. The van der Waals surface area contributed by atoms with Crippen LogP contribution in [0.4, 0.5) is 0 Å². The van der Waals surface area contributed by atoms with Gasteiger partial charge in [-0.05, 0) is 50.7 Å². The van der Waals surface area contributed by atoms with E-state index in [1.54, 1.807) is 17.4 Å². The quantitative estimate of drug-likeness (QED) is 0.942. The minimum absolute atomic E-state index is 0.104. The van der Waals surface area contributed by atoms with Crippen LogP contribution in [-0.2, 0) is 12.8 Å². The second-order valence-corrected chi connectivity index (χ2v) is 6.85. The molecule has 1 unspecified atom stereocenters. The Morgan fingerprint density at radius 1 is 1.43 bits per heavy atom. The molecule has 3 rings (SSSR count). The van der Waals surface area contributed by atoms with Gasteiger partial charge in [-0.1, -0.05) is 6.92 Å².